The van der Waals surface area contributed by atoms with Crippen molar-refractivity contribution in [2.24, 2.45) is 11.7 Å². The van der Waals surface area contributed by atoms with Gasteiger partial charge in [0.05, 0.1) is 12.1 Å². The van der Waals surface area contributed by atoms with Gasteiger partial charge in [-0.15, -0.1) is 0 Å². The third-order valence-corrected chi connectivity index (χ3v) is 5.03. The second kappa shape index (κ2) is 7.82. The maximum absolute atomic E-state index is 13.2. The van der Waals surface area contributed by atoms with Gasteiger partial charge < -0.3 is 20.7 Å². The molecule has 6 nitrogen and oxygen atoms in total. The molecule has 3 rings (SSSR count). The Morgan fingerprint density at radius 1 is 1.20 bits per heavy atom. The highest BCUT2D eigenvalue weighted by Gasteiger charge is 2.32. The Morgan fingerprint density at radius 2 is 1.88 bits per heavy atom. The highest BCUT2D eigenvalue weighted by Crippen LogP contribution is 2.28. The average molecular weight is 349 g/mol. The number of nitrogens with one attached hydrogen (secondary N) is 1. The van der Waals surface area contributed by atoms with Crippen molar-refractivity contribution in [1.29, 1.82) is 0 Å². The van der Waals surface area contributed by atoms with Gasteiger partial charge in [-0.1, -0.05) is 12.1 Å². The van der Waals surface area contributed by atoms with Crippen molar-refractivity contribution in [2.45, 2.75) is 37.8 Å². The van der Waals surface area contributed by atoms with Gasteiger partial charge in [-0.05, 0) is 43.4 Å². The van der Waals surface area contributed by atoms with E-state index >= 15 is 0 Å². The maximum atomic E-state index is 13.2. The van der Waals surface area contributed by atoms with Crippen LogP contribution in [0.2, 0.25) is 0 Å². The monoisotopic (exact) mass is 349 g/mol. The first-order valence-electron chi connectivity index (χ1n) is 8.76. The number of hydrogen-bond acceptors (Lipinski definition) is 3. The number of nitrogens with zero attached hydrogens (tertiary/aromatic N) is 1. The lowest BCUT2D eigenvalue weighted by Crippen LogP contribution is -2.48. The molecule has 0 aliphatic carbocycles. The minimum absolute atomic E-state index is 0.113. The molecule has 2 unspecified atom stereocenters. The number of nitrogens with two attached hydrogens (primary N) is 1. The molecule has 2 aliphatic heterocycles. The van der Waals surface area contributed by atoms with E-state index < -0.39 is 0 Å². The zero-order chi connectivity index (χ0) is 17.8. The van der Waals surface area contributed by atoms with E-state index in [-0.39, 0.29) is 35.8 Å². The van der Waals surface area contributed by atoms with Crippen molar-refractivity contribution in [3.05, 3.63) is 35.6 Å². The first-order chi connectivity index (χ1) is 12.0. The van der Waals surface area contributed by atoms with Crippen LogP contribution in [-0.2, 0) is 9.53 Å². The minimum atomic E-state index is -0.315. The SMILES string of the molecule is NC(=O)C1CCN(C(=O)NC(c2ccc(F)cc2)C2CCCO2)CC1. The maximum Gasteiger partial charge on any atom is 0.317 e. The van der Waals surface area contributed by atoms with Crippen molar-refractivity contribution in [1.82, 2.24) is 10.2 Å². The van der Waals surface area contributed by atoms with Crippen LogP contribution in [-0.4, -0.2) is 42.6 Å². The predicted octanol–water partition coefficient (Wildman–Crippen LogP) is 1.95. The fourth-order valence-corrected chi connectivity index (χ4v) is 3.52. The molecule has 0 radical (unpaired) electrons. The summed E-state index contributed by atoms with van der Waals surface area (Å²) in [6.45, 7) is 1.67. The summed E-state index contributed by atoms with van der Waals surface area (Å²) in [5.74, 6) is -0.770. The van der Waals surface area contributed by atoms with Crippen LogP contribution in [0.3, 0.4) is 0 Å². The number of primary amides is 1. The molecular weight excluding hydrogens is 325 g/mol. The van der Waals surface area contributed by atoms with Gasteiger partial charge >= 0.3 is 6.03 Å². The normalized spacial score (nSPS) is 22.6. The number of carbonyl (C=O) groups is 2. The molecule has 0 bridgehead atoms. The quantitative estimate of drug-likeness (QED) is 0.871. The standard InChI is InChI=1S/C18H24FN3O3/c19-14-5-3-12(4-6-14)16(15-2-1-11-25-15)21-18(24)22-9-7-13(8-10-22)17(20)23/h3-6,13,15-16H,1-2,7-11H2,(H2,20,23)(H,21,24). The van der Waals surface area contributed by atoms with Crippen molar-refractivity contribution in [2.75, 3.05) is 19.7 Å². The zero-order valence-corrected chi connectivity index (χ0v) is 14.1. The molecule has 2 saturated heterocycles. The molecule has 0 saturated carbocycles. The van der Waals surface area contributed by atoms with Crippen LogP contribution in [0.15, 0.2) is 24.3 Å². The second-order valence-electron chi connectivity index (χ2n) is 6.69. The first-order valence-corrected chi connectivity index (χ1v) is 8.76. The zero-order valence-electron chi connectivity index (χ0n) is 14.1. The van der Waals surface area contributed by atoms with Gasteiger partial charge in [0.1, 0.15) is 5.82 Å². The molecule has 1 aromatic carbocycles. The first kappa shape index (κ1) is 17.7. The third-order valence-electron chi connectivity index (χ3n) is 5.03. The number of carbonyl (C=O) groups excluding carboxylic acids is 2. The number of ether oxygens (including phenoxy) is 1. The third kappa shape index (κ3) is 4.28. The minimum Gasteiger partial charge on any atom is -0.376 e. The van der Waals surface area contributed by atoms with Gasteiger partial charge in [-0.3, -0.25) is 4.79 Å². The summed E-state index contributed by atoms with van der Waals surface area (Å²) in [5.41, 5.74) is 6.16. The highest BCUT2D eigenvalue weighted by molar-refractivity contribution is 5.78. The van der Waals surface area contributed by atoms with E-state index in [2.05, 4.69) is 5.32 Å². The van der Waals surface area contributed by atoms with Gasteiger partial charge in [0, 0.05) is 25.6 Å². The van der Waals surface area contributed by atoms with Crippen LogP contribution in [0.4, 0.5) is 9.18 Å². The smallest absolute Gasteiger partial charge is 0.317 e. The van der Waals surface area contributed by atoms with Gasteiger partial charge in [-0.2, -0.15) is 0 Å². The van der Waals surface area contributed by atoms with E-state index in [4.69, 9.17) is 10.5 Å². The average Bonchev–Trinajstić information content (AvgIpc) is 3.15. The number of piperidine rings is 1. The molecule has 7 heteroatoms. The molecule has 2 heterocycles. The molecule has 25 heavy (non-hydrogen) atoms. The molecule has 3 amide bonds. The topological polar surface area (TPSA) is 84.7 Å². The van der Waals surface area contributed by atoms with E-state index in [0.717, 1.165) is 18.4 Å². The number of amides is 3. The molecule has 0 aromatic heterocycles. The van der Waals surface area contributed by atoms with Gasteiger partial charge in [0.15, 0.2) is 0 Å². The summed E-state index contributed by atoms with van der Waals surface area (Å²) in [6.07, 6.45) is 2.86. The summed E-state index contributed by atoms with van der Waals surface area (Å²) in [4.78, 5) is 25.6. The Kier molecular flexibility index (Phi) is 5.53. The fourth-order valence-electron chi connectivity index (χ4n) is 3.52. The van der Waals surface area contributed by atoms with E-state index in [1.807, 2.05) is 0 Å². The number of urea groups is 1. The molecule has 136 valence electrons. The molecule has 2 atom stereocenters. The van der Waals surface area contributed by atoms with E-state index in [1.54, 1.807) is 17.0 Å². The number of hydrogen-bond donors (Lipinski definition) is 2. The van der Waals surface area contributed by atoms with Gasteiger partial charge in [0.2, 0.25) is 5.91 Å². The summed E-state index contributed by atoms with van der Waals surface area (Å²) in [7, 11) is 0. The van der Waals surface area contributed by atoms with Crippen LogP contribution in [0.5, 0.6) is 0 Å². The lowest BCUT2D eigenvalue weighted by atomic mass is 9.96. The van der Waals surface area contributed by atoms with E-state index in [0.29, 0.717) is 32.5 Å². The number of benzene rings is 1. The molecular formula is C18H24FN3O3. The number of likely N-dealkylation sites (tertiary alicyclic amines) is 1. The number of halogens is 1. The summed E-state index contributed by atoms with van der Waals surface area (Å²) in [5, 5.41) is 3.03. The fraction of sp³-hybridized carbons (Fsp3) is 0.556. The lowest BCUT2D eigenvalue weighted by Gasteiger charge is -2.33. The summed E-state index contributed by atoms with van der Waals surface area (Å²) in [6, 6.07) is 5.64. The molecule has 0 spiro atoms. The van der Waals surface area contributed by atoms with Crippen LogP contribution in [0.1, 0.15) is 37.3 Å². The van der Waals surface area contributed by atoms with Crippen LogP contribution >= 0.6 is 0 Å². The van der Waals surface area contributed by atoms with E-state index in [1.165, 1.54) is 12.1 Å². The van der Waals surface area contributed by atoms with Gasteiger partial charge in [0.25, 0.3) is 0 Å². The Balaban J connectivity index is 1.66. The lowest BCUT2D eigenvalue weighted by molar-refractivity contribution is -0.123. The Bertz CT molecular complexity index is 608. The van der Waals surface area contributed by atoms with Crippen LogP contribution in [0, 0.1) is 11.7 Å². The molecule has 2 fully saturated rings. The van der Waals surface area contributed by atoms with Crippen molar-refractivity contribution < 1.29 is 18.7 Å². The number of rotatable bonds is 4. The summed E-state index contributed by atoms with van der Waals surface area (Å²) >= 11 is 0. The van der Waals surface area contributed by atoms with Gasteiger partial charge in [-0.25, -0.2) is 9.18 Å². The Hall–Kier alpha value is -2.15. The molecule has 2 aliphatic rings. The van der Waals surface area contributed by atoms with Crippen molar-refractivity contribution in [3.8, 4) is 0 Å². The highest BCUT2D eigenvalue weighted by atomic mass is 19.1. The van der Waals surface area contributed by atoms with Crippen molar-refractivity contribution >= 4 is 11.9 Å². The Morgan fingerprint density at radius 3 is 2.44 bits per heavy atom. The van der Waals surface area contributed by atoms with E-state index in [9.17, 15) is 14.0 Å². The largest absolute Gasteiger partial charge is 0.376 e. The van der Waals surface area contributed by atoms with Crippen molar-refractivity contribution in [3.63, 3.8) is 0 Å². The molecule has 3 N–H and O–H groups in total. The second-order valence-corrected chi connectivity index (χ2v) is 6.69. The Labute approximate surface area is 146 Å². The molecule has 1 aromatic rings. The van der Waals surface area contributed by atoms with Crippen LogP contribution < -0.4 is 11.1 Å². The summed E-state index contributed by atoms with van der Waals surface area (Å²) < 4.78 is 19.0. The van der Waals surface area contributed by atoms with Crippen LogP contribution in [0.25, 0.3) is 0 Å². The predicted molar refractivity (Wildman–Crippen MR) is 90.1 cm³/mol.